The number of thioether (sulfide) groups is 1. The van der Waals surface area contributed by atoms with Crippen molar-refractivity contribution in [2.75, 3.05) is 20.0 Å². The second kappa shape index (κ2) is 9.23. The van der Waals surface area contributed by atoms with Crippen LogP contribution in [0, 0.1) is 0 Å². The fourth-order valence-electron chi connectivity index (χ4n) is 2.64. The molecule has 0 saturated heterocycles. The van der Waals surface area contributed by atoms with Crippen molar-refractivity contribution in [2.24, 2.45) is 5.10 Å². The van der Waals surface area contributed by atoms with Crippen molar-refractivity contribution in [3.05, 3.63) is 60.3 Å². The normalized spacial score (nSPS) is 11.3. The Labute approximate surface area is 168 Å². The molecule has 0 unspecified atom stereocenters. The van der Waals surface area contributed by atoms with Crippen LogP contribution in [-0.2, 0) is 4.79 Å². The van der Waals surface area contributed by atoms with Gasteiger partial charge in [0.2, 0.25) is 5.91 Å². The molecule has 0 radical (unpaired) electrons. The monoisotopic (exact) mass is 395 g/mol. The number of carbonyl (C=O) groups excluding carboxylic acids is 1. The molecule has 3 aromatic rings. The van der Waals surface area contributed by atoms with E-state index in [1.165, 1.54) is 11.8 Å². The van der Waals surface area contributed by atoms with Crippen LogP contribution >= 0.6 is 11.8 Å². The summed E-state index contributed by atoms with van der Waals surface area (Å²) in [6, 6.07) is 15.3. The molecule has 0 fully saturated rings. The number of benzene rings is 2. The van der Waals surface area contributed by atoms with Crippen molar-refractivity contribution in [1.29, 1.82) is 0 Å². The number of rotatable bonds is 7. The lowest BCUT2D eigenvalue weighted by atomic mass is 10.1. The Morgan fingerprint density at radius 1 is 1.11 bits per heavy atom. The van der Waals surface area contributed by atoms with E-state index in [1.54, 1.807) is 26.5 Å². The molecule has 2 aromatic carbocycles. The third-order valence-electron chi connectivity index (χ3n) is 4.10. The Hall–Kier alpha value is -3.06. The van der Waals surface area contributed by atoms with Gasteiger partial charge in [-0.1, -0.05) is 18.2 Å². The van der Waals surface area contributed by atoms with Gasteiger partial charge in [0.15, 0.2) is 11.5 Å². The number of hydrogen-bond donors (Lipinski definition) is 1. The Morgan fingerprint density at radius 2 is 1.89 bits per heavy atom. The first kappa shape index (κ1) is 19.7. The molecule has 3 rings (SSSR count). The largest absolute Gasteiger partial charge is 0.493 e. The quantitative estimate of drug-likeness (QED) is 0.373. The summed E-state index contributed by atoms with van der Waals surface area (Å²) < 4.78 is 10.5. The second-order valence-corrected chi connectivity index (χ2v) is 6.94. The summed E-state index contributed by atoms with van der Waals surface area (Å²) in [4.78, 5) is 17.6. The zero-order valence-electron chi connectivity index (χ0n) is 15.9. The van der Waals surface area contributed by atoms with E-state index < -0.39 is 0 Å². The average molecular weight is 395 g/mol. The first-order chi connectivity index (χ1) is 13.6. The Bertz CT molecular complexity index is 1020. The summed E-state index contributed by atoms with van der Waals surface area (Å²) >= 11 is 1.44. The third-order valence-corrected chi connectivity index (χ3v) is 5.15. The molecule has 0 atom stereocenters. The molecule has 0 aliphatic heterocycles. The van der Waals surface area contributed by atoms with Crippen LogP contribution in [0.4, 0.5) is 0 Å². The van der Waals surface area contributed by atoms with E-state index in [0.29, 0.717) is 17.2 Å². The number of carbonyl (C=O) groups is 1. The summed E-state index contributed by atoms with van der Waals surface area (Å²) in [6.45, 7) is 1.82. The van der Waals surface area contributed by atoms with E-state index in [2.05, 4.69) is 15.5 Å². The molecule has 1 amide bonds. The fraction of sp³-hybridized carbons (Fsp3) is 0.190. The van der Waals surface area contributed by atoms with Crippen molar-refractivity contribution in [3.8, 4) is 11.5 Å². The lowest BCUT2D eigenvalue weighted by Gasteiger charge is -2.09. The third kappa shape index (κ3) is 4.61. The van der Waals surface area contributed by atoms with Gasteiger partial charge in [-0.15, -0.1) is 11.8 Å². The number of nitrogens with one attached hydrogen (secondary N) is 1. The molecule has 28 heavy (non-hydrogen) atoms. The van der Waals surface area contributed by atoms with Gasteiger partial charge in [0.1, 0.15) is 0 Å². The number of pyridine rings is 1. The van der Waals surface area contributed by atoms with Gasteiger partial charge in [-0.05, 0) is 37.3 Å². The topological polar surface area (TPSA) is 72.8 Å². The van der Waals surface area contributed by atoms with Gasteiger partial charge in [0.05, 0.1) is 31.2 Å². The highest BCUT2D eigenvalue weighted by Crippen LogP contribution is 2.28. The van der Waals surface area contributed by atoms with Gasteiger partial charge >= 0.3 is 0 Å². The maximum absolute atomic E-state index is 12.2. The molecule has 1 aromatic heterocycles. The van der Waals surface area contributed by atoms with Gasteiger partial charge in [-0.2, -0.15) is 5.10 Å². The smallest absolute Gasteiger partial charge is 0.250 e. The van der Waals surface area contributed by atoms with Crippen molar-refractivity contribution in [3.63, 3.8) is 0 Å². The number of methoxy groups -OCH3 is 2. The molecular formula is C21H21N3O3S. The number of hydrogen-bond acceptors (Lipinski definition) is 6. The fourth-order valence-corrected chi connectivity index (χ4v) is 3.47. The Kier molecular flexibility index (Phi) is 6.49. The number of ether oxygens (including phenoxy) is 2. The van der Waals surface area contributed by atoms with E-state index in [-0.39, 0.29) is 11.7 Å². The summed E-state index contributed by atoms with van der Waals surface area (Å²) in [5, 5.41) is 5.24. The molecular weight excluding hydrogens is 374 g/mol. The van der Waals surface area contributed by atoms with Crippen LogP contribution in [0.25, 0.3) is 10.9 Å². The summed E-state index contributed by atoms with van der Waals surface area (Å²) in [5.74, 6) is 1.32. The zero-order chi connectivity index (χ0) is 19.9. The maximum Gasteiger partial charge on any atom is 0.250 e. The Balaban J connectivity index is 1.63. The number of nitrogens with zero attached hydrogens (tertiary/aromatic N) is 2. The highest BCUT2D eigenvalue weighted by atomic mass is 32.2. The van der Waals surface area contributed by atoms with Gasteiger partial charge in [-0.3, -0.25) is 9.78 Å². The number of hydrazone groups is 1. The molecule has 7 heteroatoms. The minimum atomic E-state index is -0.183. The summed E-state index contributed by atoms with van der Waals surface area (Å²) in [6.07, 6.45) is 1.75. The molecule has 0 aliphatic rings. The lowest BCUT2D eigenvalue weighted by Crippen LogP contribution is -2.21. The first-order valence-electron chi connectivity index (χ1n) is 8.64. The van der Waals surface area contributed by atoms with Crippen molar-refractivity contribution < 1.29 is 14.3 Å². The lowest BCUT2D eigenvalue weighted by molar-refractivity contribution is -0.118. The predicted octanol–water partition coefficient (Wildman–Crippen LogP) is 3.88. The van der Waals surface area contributed by atoms with Gasteiger partial charge in [0.25, 0.3) is 0 Å². The molecule has 0 spiro atoms. The average Bonchev–Trinajstić information content (AvgIpc) is 2.75. The minimum Gasteiger partial charge on any atom is -0.493 e. The molecule has 1 heterocycles. The predicted molar refractivity (Wildman–Crippen MR) is 112 cm³/mol. The van der Waals surface area contributed by atoms with Crippen LogP contribution in [0.3, 0.4) is 0 Å². The zero-order valence-corrected chi connectivity index (χ0v) is 16.7. The maximum atomic E-state index is 12.2. The van der Waals surface area contributed by atoms with E-state index >= 15 is 0 Å². The second-order valence-electron chi connectivity index (χ2n) is 5.92. The van der Waals surface area contributed by atoms with Crippen LogP contribution in [0.5, 0.6) is 11.5 Å². The number of aromatic nitrogens is 1. The van der Waals surface area contributed by atoms with Crippen molar-refractivity contribution >= 4 is 34.3 Å². The van der Waals surface area contributed by atoms with E-state index in [0.717, 1.165) is 21.4 Å². The summed E-state index contributed by atoms with van der Waals surface area (Å²) in [7, 11) is 3.16. The van der Waals surface area contributed by atoms with Crippen LogP contribution in [-0.4, -0.2) is 36.6 Å². The molecule has 144 valence electrons. The standard InChI is InChI=1S/C21H21N3O3S/c1-14(16-9-10-17(26-2)18(12-16)27-3)23-24-20(25)13-28-19-8-4-6-15-7-5-11-22-21(15)19/h4-12H,13H2,1-3H3,(H,24,25)/b23-14+. The van der Waals surface area contributed by atoms with Crippen LogP contribution in [0.1, 0.15) is 12.5 Å². The van der Waals surface area contributed by atoms with Crippen LogP contribution in [0.15, 0.2) is 64.7 Å². The Morgan fingerprint density at radius 3 is 2.68 bits per heavy atom. The van der Waals surface area contributed by atoms with Gasteiger partial charge in [0, 0.05) is 22.0 Å². The molecule has 0 saturated carbocycles. The van der Waals surface area contributed by atoms with Crippen LogP contribution in [0.2, 0.25) is 0 Å². The number of amides is 1. The van der Waals surface area contributed by atoms with Crippen molar-refractivity contribution in [1.82, 2.24) is 10.4 Å². The first-order valence-corrected chi connectivity index (χ1v) is 9.63. The molecule has 6 nitrogen and oxygen atoms in total. The molecule has 0 bridgehead atoms. The minimum absolute atomic E-state index is 0.183. The van der Waals surface area contributed by atoms with E-state index in [4.69, 9.17) is 9.47 Å². The number of fused-ring (bicyclic) bond motifs is 1. The molecule has 1 N–H and O–H groups in total. The molecule has 0 aliphatic carbocycles. The SMILES string of the molecule is COc1ccc(/C(C)=N/NC(=O)CSc2cccc3cccnc23)cc1OC. The summed E-state index contributed by atoms with van der Waals surface area (Å²) in [5.41, 5.74) is 5.01. The van der Waals surface area contributed by atoms with Gasteiger partial charge in [-0.25, -0.2) is 5.43 Å². The van der Waals surface area contributed by atoms with Crippen LogP contribution < -0.4 is 14.9 Å². The van der Waals surface area contributed by atoms with E-state index in [1.807, 2.05) is 49.4 Å². The van der Waals surface area contributed by atoms with Crippen molar-refractivity contribution in [2.45, 2.75) is 11.8 Å². The van der Waals surface area contributed by atoms with Gasteiger partial charge < -0.3 is 9.47 Å². The highest BCUT2D eigenvalue weighted by Gasteiger charge is 2.08. The number of para-hydroxylation sites is 1. The van der Waals surface area contributed by atoms with E-state index in [9.17, 15) is 4.79 Å². The highest BCUT2D eigenvalue weighted by molar-refractivity contribution is 8.00.